The van der Waals surface area contributed by atoms with Crippen molar-refractivity contribution in [3.63, 3.8) is 0 Å². The molecule has 0 aromatic heterocycles. The average molecular weight is 413 g/mol. The minimum Gasteiger partial charge on any atom is -0.330 e. The summed E-state index contributed by atoms with van der Waals surface area (Å²) in [4.78, 5) is 24.7. The van der Waals surface area contributed by atoms with Gasteiger partial charge in [0.2, 0.25) is 21.8 Å². The van der Waals surface area contributed by atoms with Crippen LogP contribution in [-0.4, -0.2) is 61.5 Å². The van der Waals surface area contributed by atoms with Gasteiger partial charge in [-0.25, -0.2) is 17.2 Å². The molecule has 152 valence electrons. The molecule has 1 aromatic rings. The van der Waals surface area contributed by atoms with Crippen molar-refractivity contribution in [3.05, 3.63) is 36.9 Å². The highest BCUT2D eigenvalue weighted by Crippen LogP contribution is 2.31. The molecule has 2 saturated heterocycles. The van der Waals surface area contributed by atoms with E-state index in [4.69, 9.17) is 0 Å². The minimum absolute atomic E-state index is 0.0799. The van der Waals surface area contributed by atoms with Gasteiger partial charge in [-0.2, -0.15) is 4.31 Å². The van der Waals surface area contributed by atoms with E-state index >= 15 is 0 Å². The van der Waals surface area contributed by atoms with Crippen molar-refractivity contribution in [2.45, 2.75) is 23.7 Å². The molecular formula is C18H21F2N3O4S. The second-order valence-corrected chi connectivity index (χ2v) is 8.88. The van der Waals surface area contributed by atoms with Crippen molar-refractivity contribution in [1.82, 2.24) is 9.21 Å². The summed E-state index contributed by atoms with van der Waals surface area (Å²) in [6.07, 6.45) is 1.71. The third-order valence-electron chi connectivity index (χ3n) is 4.90. The molecule has 0 spiro atoms. The molecule has 1 N–H and O–H groups in total. The number of likely N-dealkylation sites (tertiary alicyclic amines) is 1. The van der Waals surface area contributed by atoms with E-state index in [0.717, 1.165) is 11.0 Å². The van der Waals surface area contributed by atoms with Gasteiger partial charge >= 0.3 is 0 Å². The van der Waals surface area contributed by atoms with E-state index in [1.807, 2.05) is 0 Å². The van der Waals surface area contributed by atoms with Gasteiger partial charge in [0, 0.05) is 24.7 Å². The number of anilines is 1. The molecule has 28 heavy (non-hydrogen) atoms. The SMILES string of the molecule is C=CC(=O)Nc1ccc(S(=O)(=O)N2CCC(C(=O)N3CC(F)(F)C3)CC2)cc1. The second-order valence-electron chi connectivity index (χ2n) is 6.95. The number of carbonyl (C=O) groups is 2. The summed E-state index contributed by atoms with van der Waals surface area (Å²) < 4.78 is 52.7. The Morgan fingerprint density at radius 2 is 1.71 bits per heavy atom. The Bertz CT molecular complexity index is 871. The molecule has 1 aromatic carbocycles. The number of hydrogen-bond donors (Lipinski definition) is 1. The summed E-state index contributed by atoms with van der Waals surface area (Å²) in [5.74, 6) is -3.97. The maximum absolute atomic E-state index is 12.9. The van der Waals surface area contributed by atoms with E-state index < -0.39 is 40.9 Å². The zero-order valence-electron chi connectivity index (χ0n) is 15.1. The molecular weight excluding hydrogens is 392 g/mol. The van der Waals surface area contributed by atoms with Crippen molar-refractivity contribution in [1.29, 1.82) is 0 Å². The zero-order chi connectivity index (χ0) is 20.5. The maximum Gasteiger partial charge on any atom is 0.282 e. The Balaban J connectivity index is 1.59. The molecule has 2 fully saturated rings. The molecule has 0 radical (unpaired) electrons. The summed E-state index contributed by atoms with van der Waals surface area (Å²) in [7, 11) is -3.74. The molecule has 2 aliphatic rings. The van der Waals surface area contributed by atoms with Crippen LogP contribution in [0.25, 0.3) is 0 Å². The fraction of sp³-hybridized carbons (Fsp3) is 0.444. The third-order valence-corrected chi connectivity index (χ3v) is 6.82. The first-order valence-electron chi connectivity index (χ1n) is 8.83. The van der Waals surface area contributed by atoms with Gasteiger partial charge in [0.15, 0.2) is 0 Å². The van der Waals surface area contributed by atoms with Crippen LogP contribution in [0.3, 0.4) is 0 Å². The molecule has 2 heterocycles. The van der Waals surface area contributed by atoms with Gasteiger partial charge in [-0.05, 0) is 43.2 Å². The number of alkyl halides is 2. The number of hydrogen-bond acceptors (Lipinski definition) is 4. The zero-order valence-corrected chi connectivity index (χ0v) is 15.9. The average Bonchev–Trinajstić information content (AvgIpc) is 2.66. The summed E-state index contributed by atoms with van der Waals surface area (Å²) in [6.45, 7) is 2.53. The molecule has 2 amide bonds. The van der Waals surface area contributed by atoms with Crippen LogP contribution in [-0.2, 0) is 19.6 Å². The smallest absolute Gasteiger partial charge is 0.282 e. The number of nitrogens with zero attached hydrogens (tertiary/aromatic N) is 2. The van der Waals surface area contributed by atoms with E-state index in [-0.39, 0.29) is 23.9 Å². The number of halogens is 2. The first-order valence-corrected chi connectivity index (χ1v) is 10.3. The lowest BCUT2D eigenvalue weighted by molar-refractivity contribution is -0.170. The van der Waals surface area contributed by atoms with Crippen LogP contribution in [0.4, 0.5) is 14.5 Å². The highest BCUT2D eigenvalue weighted by molar-refractivity contribution is 7.89. The third kappa shape index (κ3) is 4.22. The second kappa shape index (κ2) is 7.59. The van der Waals surface area contributed by atoms with Crippen LogP contribution >= 0.6 is 0 Å². The van der Waals surface area contributed by atoms with Crippen LogP contribution < -0.4 is 5.32 Å². The summed E-state index contributed by atoms with van der Waals surface area (Å²) in [5.41, 5.74) is 0.444. The predicted molar refractivity (Wildman–Crippen MR) is 98.3 cm³/mol. The molecule has 0 aliphatic carbocycles. The van der Waals surface area contributed by atoms with Gasteiger partial charge in [-0.3, -0.25) is 9.59 Å². The fourth-order valence-electron chi connectivity index (χ4n) is 3.32. The van der Waals surface area contributed by atoms with E-state index in [2.05, 4.69) is 11.9 Å². The number of sulfonamides is 1. The van der Waals surface area contributed by atoms with Crippen LogP contribution in [0.15, 0.2) is 41.8 Å². The van der Waals surface area contributed by atoms with Crippen LogP contribution in [0, 0.1) is 5.92 Å². The van der Waals surface area contributed by atoms with Gasteiger partial charge in [0.05, 0.1) is 18.0 Å². The predicted octanol–water partition coefficient (Wildman–Crippen LogP) is 1.69. The van der Waals surface area contributed by atoms with E-state index in [1.54, 1.807) is 0 Å². The Hall–Kier alpha value is -2.33. The Morgan fingerprint density at radius 1 is 1.14 bits per heavy atom. The Kier molecular flexibility index (Phi) is 5.53. The molecule has 0 bridgehead atoms. The molecule has 0 atom stereocenters. The van der Waals surface area contributed by atoms with E-state index in [0.29, 0.717) is 18.5 Å². The largest absolute Gasteiger partial charge is 0.330 e. The highest BCUT2D eigenvalue weighted by atomic mass is 32.2. The maximum atomic E-state index is 12.9. The van der Waals surface area contributed by atoms with Crippen LogP contribution in [0.5, 0.6) is 0 Å². The quantitative estimate of drug-likeness (QED) is 0.745. The molecule has 7 nitrogen and oxygen atoms in total. The number of amides is 2. The fourth-order valence-corrected chi connectivity index (χ4v) is 4.79. The minimum atomic E-state index is -3.74. The van der Waals surface area contributed by atoms with Crippen molar-refractivity contribution < 1.29 is 26.8 Å². The van der Waals surface area contributed by atoms with E-state index in [9.17, 15) is 26.8 Å². The molecule has 10 heteroatoms. The number of benzene rings is 1. The Morgan fingerprint density at radius 3 is 2.21 bits per heavy atom. The summed E-state index contributed by atoms with van der Waals surface area (Å²) >= 11 is 0. The van der Waals surface area contributed by atoms with Crippen LogP contribution in [0.1, 0.15) is 12.8 Å². The van der Waals surface area contributed by atoms with Crippen molar-refractivity contribution in [3.8, 4) is 0 Å². The first kappa shape index (κ1) is 20.4. The molecule has 3 rings (SSSR count). The van der Waals surface area contributed by atoms with E-state index in [1.165, 1.54) is 28.6 Å². The standard InChI is InChI=1S/C18H21F2N3O4S/c1-2-16(24)21-14-3-5-15(6-4-14)28(26,27)23-9-7-13(8-10-23)17(25)22-11-18(19,20)12-22/h2-6,13H,1,7-12H2,(H,21,24). The van der Waals surface area contributed by atoms with Crippen molar-refractivity contribution >= 4 is 27.5 Å². The van der Waals surface area contributed by atoms with Gasteiger partial charge in [-0.1, -0.05) is 6.58 Å². The van der Waals surface area contributed by atoms with Gasteiger partial charge < -0.3 is 10.2 Å². The summed E-state index contributed by atoms with van der Waals surface area (Å²) in [5, 5.41) is 2.53. The lowest BCUT2D eigenvalue weighted by Gasteiger charge is -2.41. The van der Waals surface area contributed by atoms with Crippen molar-refractivity contribution in [2.24, 2.45) is 5.92 Å². The number of nitrogens with one attached hydrogen (secondary N) is 1. The normalized spacial score (nSPS) is 20.3. The molecule has 0 saturated carbocycles. The van der Waals surface area contributed by atoms with Gasteiger partial charge in [0.1, 0.15) is 0 Å². The molecule has 2 aliphatic heterocycles. The highest BCUT2D eigenvalue weighted by Gasteiger charge is 2.48. The van der Waals surface area contributed by atoms with Gasteiger partial charge in [-0.15, -0.1) is 0 Å². The Labute approximate surface area is 162 Å². The lowest BCUT2D eigenvalue weighted by Crippen LogP contribution is -2.60. The van der Waals surface area contributed by atoms with Crippen LogP contribution in [0.2, 0.25) is 0 Å². The number of rotatable bonds is 5. The number of piperidine rings is 1. The van der Waals surface area contributed by atoms with Crippen molar-refractivity contribution in [2.75, 3.05) is 31.5 Å². The monoisotopic (exact) mass is 413 g/mol. The van der Waals surface area contributed by atoms with Gasteiger partial charge in [0.25, 0.3) is 5.92 Å². The first-order chi connectivity index (χ1) is 13.1. The summed E-state index contributed by atoms with van der Waals surface area (Å²) in [6, 6.07) is 5.75. The number of carbonyl (C=O) groups excluding carboxylic acids is 2. The topological polar surface area (TPSA) is 86.8 Å². The lowest BCUT2D eigenvalue weighted by atomic mass is 9.94. The molecule has 0 unspecified atom stereocenters.